The number of thiazole rings is 1. The van der Waals surface area contributed by atoms with E-state index in [1.807, 2.05) is 5.38 Å². The van der Waals surface area contributed by atoms with Crippen LogP contribution < -0.4 is 0 Å². The zero-order chi connectivity index (χ0) is 11.5. The molecule has 86 valence electrons. The average Bonchev–Trinajstić information content (AvgIpc) is 2.84. The molecule has 0 bridgehead atoms. The molecule has 1 unspecified atom stereocenters. The van der Waals surface area contributed by atoms with Gasteiger partial charge in [-0.2, -0.15) is 0 Å². The molecule has 2 heterocycles. The summed E-state index contributed by atoms with van der Waals surface area (Å²) in [6.07, 6.45) is 0.827. The van der Waals surface area contributed by atoms with Gasteiger partial charge in [0.15, 0.2) is 0 Å². The van der Waals surface area contributed by atoms with Crippen LogP contribution in [-0.4, -0.2) is 40.0 Å². The number of hydrogen-bond acceptors (Lipinski definition) is 4. The highest BCUT2D eigenvalue weighted by molar-refractivity contribution is 7.07. The van der Waals surface area contributed by atoms with Crippen molar-refractivity contribution in [3.8, 4) is 0 Å². The number of carboxylic acids is 1. The van der Waals surface area contributed by atoms with Crippen molar-refractivity contribution in [2.45, 2.75) is 12.8 Å². The highest BCUT2D eigenvalue weighted by Gasteiger charge is 2.33. The van der Waals surface area contributed by atoms with Gasteiger partial charge in [0.25, 0.3) is 0 Å². The van der Waals surface area contributed by atoms with Crippen LogP contribution in [0.1, 0.15) is 12.1 Å². The second-order valence-corrected chi connectivity index (χ2v) is 4.53. The van der Waals surface area contributed by atoms with Crippen molar-refractivity contribution < 1.29 is 14.7 Å². The number of carbonyl (C=O) groups excluding carboxylic acids is 1. The summed E-state index contributed by atoms with van der Waals surface area (Å²) in [5.74, 6) is -1.49. The van der Waals surface area contributed by atoms with E-state index in [1.165, 1.54) is 11.3 Å². The number of rotatable bonds is 4. The molecule has 1 saturated heterocycles. The largest absolute Gasteiger partial charge is 0.481 e. The highest BCUT2D eigenvalue weighted by atomic mass is 32.1. The van der Waals surface area contributed by atoms with Crippen LogP contribution in [-0.2, 0) is 16.0 Å². The lowest BCUT2D eigenvalue weighted by Crippen LogP contribution is -2.28. The number of nitrogens with zero attached hydrogens (tertiary/aromatic N) is 2. The van der Waals surface area contributed by atoms with E-state index in [2.05, 4.69) is 4.98 Å². The fraction of sp³-hybridized carbons (Fsp3) is 0.500. The van der Waals surface area contributed by atoms with Gasteiger partial charge in [-0.1, -0.05) is 0 Å². The van der Waals surface area contributed by atoms with E-state index in [0.29, 0.717) is 19.5 Å². The molecule has 1 N–H and O–H groups in total. The molecule has 1 aliphatic heterocycles. The minimum absolute atomic E-state index is 0.0670. The van der Waals surface area contributed by atoms with Gasteiger partial charge in [-0.3, -0.25) is 9.59 Å². The van der Waals surface area contributed by atoms with Crippen molar-refractivity contribution in [2.24, 2.45) is 5.92 Å². The molecular formula is C10H12N2O3S. The first kappa shape index (κ1) is 11.1. The minimum atomic E-state index is -0.885. The second kappa shape index (κ2) is 4.61. The lowest BCUT2D eigenvalue weighted by atomic mass is 10.1. The topological polar surface area (TPSA) is 70.5 Å². The summed E-state index contributed by atoms with van der Waals surface area (Å²) in [6, 6.07) is 0. The standard InChI is InChI=1S/C10H12N2O3S/c13-9-3-7(10(14)15)4-12(9)2-1-8-5-16-6-11-8/h5-7H,1-4H2,(H,14,15). The Kier molecular flexibility index (Phi) is 3.19. The molecule has 0 aliphatic carbocycles. The van der Waals surface area contributed by atoms with Crippen LogP contribution in [0.15, 0.2) is 10.9 Å². The van der Waals surface area contributed by atoms with Crippen molar-refractivity contribution in [1.29, 1.82) is 0 Å². The Morgan fingerprint density at radius 3 is 3.06 bits per heavy atom. The molecule has 5 nitrogen and oxygen atoms in total. The van der Waals surface area contributed by atoms with E-state index in [1.54, 1.807) is 10.4 Å². The number of aromatic nitrogens is 1. The lowest BCUT2D eigenvalue weighted by Gasteiger charge is -2.14. The van der Waals surface area contributed by atoms with Crippen LogP contribution in [0.25, 0.3) is 0 Å². The van der Waals surface area contributed by atoms with Crippen molar-refractivity contribution >= 4 is 23.2 Å². The first-order valence-corrected chi connectivity index (χ1v) is 5.98. The smallest absolute Gasteiger partial charge is 0.308 e. The summed E-state index contributed by atoms with van der Waals surface area (Å²) in [5.41, 5.74) is 2.71. The summed E-state index contributed by atoms with van der Waals surface area (Å²) in [4.78, 5) is 28.0. The van der Waals surface area contributed by atoms with Crippen LogP contribution in [0.4, 0.5) is 0 Å². The Morgan fingerprint density at radius 1 is 1.69 bits per heavy atom. The van der Waals surface area contributed by atoms with E-state index in [9.17, 15) is 9.59 Å². The number of hydrogen-bond donors (Lipinski definition) is 1. The first-order valence-electron chi connectivity index (χ1n) is 5.04. The van der Waals surface area contributed by atoms with Crippen molar-refractivity contribution in [1.82, 2.24) is 9.88 Å². The Balaban J connectivity index is 1.87. The number of carboxylic acid groups (broad SMARTS) is 1. The Labute approximate surface area is 96.7 Å². The summed E-state index contributed by atoms with van der Waals surface area (Å²) < 4.78 is 0. The minimum Gasteiger partial charge on any atom is -0.481 e. The molecule has 1 aromatic rings. The van der Waals surface area contributed by atoms with E-state index in [-0.39, 0.29) is 12.3 Å². The first-order chi connectivity index (χ1) is 7.66. The quantitative estimate of drug-likeness (QED) is 0.837. The van der Waals surface area contributed by atoms with Crippen LogP contribution in [0.3, 0.4) is 0 Å². The van der Waals surface area contributed by atoms with Crippen LogP contribution in [0.2, 0.25) is 0 Å². The summed E-state index contributed by atoms with van der Waals surface area (Å²) in [5, 5.41) is 10.8. The van der Waals surface area contributed by atoms with Crippen molar-refractivity contribution in [3.63, 3.8) is 0 Å². The number of carbonyl (C=O) groups is 2. The molecule has 1 fully saturated rings. The Bertz CT molecular complexity index is 391. The van der Waals surface area contributed by atoms with E-state index in [0.717, 1.165) is 5.69 Å². The van der Waals surface area contributed by atoms with Crippen LogP contribution >= 0.6 is 11.3 Å². The third-order valence-corrected chi connectivity index (χ3v) is 3.32. The number of aliphatic carboxylic acids is 1. The third-order valence-electron chi connectivity index (χ3n) is 2.69. The van der Waals surface area contributed by atoms with Gasteiger partial charge >= 0.3 is 5.97 Å². The molecule has 6 heteroatoms. The van der Waals surface area contributed by atoms with E-state index < -0.39 is 11.9 Å². The zero-order valence-electron chi connectivity index (χ0n) is 8.63. The van der Waals surface area contributed by atoms with Gasteiger partial charge in [-0.15, -0.1) is 11.3 Å². The molecule has 0 aromatic carbocycles. The van der Waals surface area contributed by atoms with Crippen molar-refractivity contribution in [2.75, 3.05) is 13.1 Å². The van der Waals surface area contributed by atoms with Crippen LogP contribution in [0.5, 0.6) is 0 Å². The molecule has 0 saturated carbocycles. The maximum Gasteiger partial charge on any atom is 0.308 e. The molecule has 1 amide bonds. The van der Waals surface area contributed by atoms with Gasteiger partial charge in [0.1, 0.15) is 0 Å². The Morgan fingerprint density at radius 2 is 2.50 bits per heavy atom. The molecule has 0 spiro atoms. The maximum absolute atomic E-state index is 11.5. The highest BCUT2D eigenvalue weighted by Crippen LogP contribution is 2.18. The van der Waals surface area contributed by atoms with Crippen LogP contribution in [0, 0.1) is 5.92 Å². The average molecular weight is 240 g/mol. The molecule has 1 aliphatic rings. The number of likely N-dealkylation sites (tertiary alicyclic amines) is 1. The fourth-order valence-corrected chi connectivity index (χ4v) is 2.36. The molecule has 2 rings (SSSR count). The summed E-state index contributed by atoms with van der Waals surface area (Å²) in [6.45, 7) is 0.894. The number of amides is 1. The fourth-order valence-electron chi connectivity index (χ4n) is 1.76. The van der Waals surface area contributed by atoms with E-state index in [4.69, 9.17) is 5.11 Å². The third kappa shape index (κ3) is 2.38. The SMILES string of the molecule is O=C(O)C1CC(=O)N(CCc2cscn2)C1. The van der Waals surface area contributed by atoms with Gasteiger partial charge in [-0.05, 0) is 0 Å². The van der Waals surface area contributed by atoms with Gasteiger partial charge in [-0.25, -0.2) is 4.98 Å². The lowest BCUT2D eigenvalue weighted by molar-refractivity contribution is -0.141. The normalized spacial score (nSPS) is 20.4. The van der Waals surface area contributed by atoms with E-state index >= 15 is 0 Å². The molecule has 1 atom stereocenters. The van der Waals surface area contributed by atoms with Gasteiger partial charge in [0.05, 0.1) is 17.1 Å². The summed E-state index contributed by atoms with van der Waals surface area (Å²) >= 11 is 1.52. The van der Waals surface area contributed by atoms with Gasteiger partial charge in [0.2, 0.25) is 5.91 Å². The summed E-state index contributed by atoms with van der Waals surface area (Å²) in [7, 11) is 0. The second-order valence-electron chi connectivity index (χ2n) is 3.81. The predicted octanol–water partition coefficient (Wildman–Crippen LogP) is 0.619. The monoisotopic (exact) mass is 240 g/mol. The molecule has 1 aromatic heterocycles. The van der Waals surface area contributed by atoms with Crippen molar-refractivity contribution in [3.05, 3.63) is 16.6 Å². The zero-order valence-corrected chi connectivity index (χ0v) is 9.44. The molecular weight excluding hydrogens is 228 g/mol. The Hall–Kier alpha value is -1.43. The van der Waals surface area contributed by atoms with Gasteiger partial charge < -0.3 is 10.0 Å². The molecule has 0 radical (unpaired) electrons. The maximum atomic E-state index is 11.5. The predicted molar refractivity (Wildman–Crippen MR) is 58.1 cm³/mol. The molecule has 16 heavy (non-hydrogen) atoms. The van der Waals surface area contributed by atoms with Gasteiger partial charge in [0, 0.05) is 31.3 Å².